The molecule has 2 nitrogen and oxygen atoms in total. The van der Waals surface area contributed by atoms with Gasteiger partial charge in [0, 0.05) is 6.54 Å². The molecular formula is C15H29NO. The van der Waals surface area contributed by atoms with Crippen molar-refractivity contribution in [2.45, 2.75) is 53.1 Å². The number of hydrogen-bond acceptors (Lipinski definition) is 2. The second-order valence-corrected chi connectivity index (χ2v) is 5.96. The molecule has 0 bridgehead atoms. The van der Waals surface area contributed by atoms with E-state index in [0.717, 1.165) is 25.4 Å². The maximum atomic E-state index is 9.32. The molecule has 0 spiro atoms. The summed E-state index contributed by atoms with van der Waals surface area (Å²) < 4.78 is 0. The van der Waals surface area contributed by atoms with Crippen LogP contribution in [0.1, 0.15) is 47.0 Å². The molecule has 0 heterocycles. The molecule has 0 aromatic rings. The lowest BCUT2D eigenvalue weighted by Gasteiger charge is -2.29. The van der Waals surface area contributed by atoms with Crippen LogP contribution in [0.5, 0.6) is 0 Å². The van der Waals surface area contributed by atoms with Crippen molar-refractivity contribution in [3.8, 4) is 0 Å². The first-order chi connectivity index (χ1) is 8.00. The van der Waals surface area contributed by atoms with Crippen molar-refractivity contribution in [2.24, 2.45) is 17.8 Å². The Balaban J connectivity index is 2.25. The Bertz CT molecular complexity index is 247. The van der Waals surface area contributed by atoms with Crippen molar-refractivity contribution in [1.29, 1.82) is 0 Å². The molecule has 4 atom stereocenters. The molecule has 1 rings (SSSR count). The SMILES string of the molecule is CC1=CCC[C@H](C)[C@@H]1CNC[C@@H](C)C[C@H](C)O. The van der Waals surface area contributed by atoms with Crippen LogP contribution in [0, 0.1) is 17.8 Å². The molecule has 1 aliphatic rings. The monoisotopic (exact) mass is 239 g/mol. The van der Waals surface area contributed by atoms with E-state index in [1.54, 1.807) is 5.57 Å². The third-order valence-electron chi connectivity index (χ3n) is 3.96. The topological polar surface area (TPSA) is 32.3 Å². The van der Waals surface area contributed by atoms with Gasteiger partial charge in [-0.3, -0.25) is 0 Å². The van der Waals surface area contributed by atoms with Crippen LogP contribution in [-0.4, -0.2) is 24.3 Å². The predicted octanol–water partition coefficient (Wildman–Crippen LogP) is 2.98. The second-order valence-electron chi connectivity index (χ2n) is 5.96. The number of allylic oxidation sites excluding steroid dienone is 1. The van der Waals surface area contributed by atoms with Gasteiger partial charge in [-0.2, -0.15) is 0 Å². The number of hydrogen-bond donors (Lipinski definition) is 2. The van der Waals surface area contributed by atoms with Crippen LogP contribution >= 0.6 is 0 Å². The fraction of sp³-hybridized carbons (Fsp3) is 0.867. The molecule has 0 unspecified atom stereocenters. The van der Waals surface area contributed by atoms with Gasteiger partial charge in [0.2, 0.25) is 0 Å². The molecule has 0 saturated heterocycles. The van der Waals surface area contributed by atoms with Gasteiger partial charge in [0.25, 0.3) is 0 Å². The summed E-state index contributed by atoms with van der Waals surface area (Å²) in [5, 5.41) is 12.9. The van der Waals surface area contributed by atoms with E-state index in [9.17, 15) is 5.11 Å². The molecule has 0 aromatic carbocycles. The highest BCUT2D eigenvalue weighted by Gasteiger charge is 2.21. The van der Waals surface area contributed by atoms with Gasteiger partial charge in [0.05, 0.1) is 6.10 Å². The molecule has 0 radical (unpaired) electrons. The summed E-state index contributed by atoms with van der Waals surface area (Å²) in [6.07, 6.45) is 5.68. The summed E-state index contributed by atoms with van der Waals surface area (Å²) in [6.45, 7) is 10.8. The van der Waals surface area contributed by atoms with Gasteiger partial charge in [-0.25, -0.2) is 0 Å². The standard InChI is InChI=1S/C15H29NO/c1-11(8-14(4)17)9-16-10-15-12(2)6-5-7-13(15)3/h6,11,13-17H,5,7-10H2,1-4H3/t11-,13-,14-,15+/m0/s1. The van der Waals surface area contributed by atoms with E-state index >= 15 is 0 Å². The lowest BCUT2D eigenvalue weighted by Crippen LogP contribution is -2.32. The minimum absolute atomic E-state index is 0.179. The Morgan fingerprint density at radius 2 is 2.18 bits per heavy atom. The normalized spacial score (nSPS) is 28.6. The maximum absolute atomic E-state index is 9.32. The largest absolute Gasteiger partial charge is 0.393 e. The third kappa shape index (κ3) is 5.22. The highest BCUT2D eigenvalue weighted by molar-refractivity contribution is 5.09. The van der Waals surface area contributed by atoms with Gasteiger partial charge in [-0.1, -0.05) is 25.5 Å². The van der Waals surface area contributed by atoms with Crippen LogP contribution < -0.4 is 5.32 Å². The molecular weight excluding hydrogens is 210 g/mol. The molecule has 1 aliphatic carbocycles. The van der Waals surface area contributed by atoms with E-state index in [2.05, 4.69) is 32.2 Å². The van der Waals surface area contributed by atoms with Crippen molar-refractivity contribution >= 4 is 0 Å². The fourth-order valence-electron chi connectivity index (χ4n) is 2.89. The van der Waals surface area contributed by atoms with E-state index in [4.69, 9.17) is 0 Å². The molecule has 0 saturated carbocycles. The lowest BCUT2D eigenvalue weighted by atomic mass is 9.80. The minimum Gasteiger partial charge on any atom is -0.393 e. The third-order valence-corrected chi connectivity index (χ3v) is 3.96. The van der Waals surface area contributed by atoms with Crippen LogP contribution in [0.4, 0.5) is 0 Å². The Kier molecular flexibility index (Phi) is 6.21. The van der Waals surface area contributed by atoms with E-state index in [1.165, 1.54) is 12.8 Å². The summed E-state index contributed by atoms with van der Waals surface area (Å²) in [5.41, 5.74) is 1.56. The van der Waals surface area contributed by atoms with Crippen LogP contribution in [0.15, 0.2) is 11.6 Å². The average Bonchev–Trinajstić information content (AvgIpc) is 2.21. The number of rotatable bonds is 6. The van der Waals surface area contributed by atoms with Crippen LogP contribution in [0.3, 0.4) is 0 Å². The van der Waals surface area contributed by atoms with Gasteiger partial charge in [0.15, 0.2) is 0 Å². The highest BCUT2D eigenvalue weighted by Crippen LogP contribution is 2.29. The Morgan fingerprint density at radius 3 is 2.76 bits per heavy atom. The van der Waals surface area contributed by atoms with E-state index in [0.29, 0.717) is 11.8 Å². The number of aliphatic hydroxyl groups excluding tert-OH is 1. The molecule has 100 valence electrons. The molecule has 2 N–H and O–H groups in total. The average molecular weight is 239 g/mol. The minimum atomic E-state index is -0.179. The quantitative estimate of drug-likeness (QED) is 0.698. The van der Waals surface area contributed by atoms with Crippen molar-refractivity contribution in [2.75, 3.05) is 13.1 Å². The smallest absolute Gasteiger partial charge is 0.0515 e. The van der Waals surface area contributed by atoms with Crippen LogP contribution in [0.2, 0.25) is 0 Å². The van der Waals surface area contributed by atoms with Gasteiger partial charge in [0.1, 0.15) is 0 Å². The van der Waals surface area contributed by atoms with Gasteiger partial charge >= 0.3 is 0 Å². The maximum Gasteiger partial charge on any atom is 0.0515 e. The van der Waals surface area contributed by atoms with Crippen molar-refractivity contribution in [1.82, 2.24) is 5.32 Å². The van der Waals surface area contributed by atoms with Gasteiger partial charge in [-0.05, 0) is 57.4 Å². The highest BCUT2D eigenvalue weighted by atomic mass is 16.3. The molecule has 0 amide bonds. The summed E-state index contributed by atoms with van der Waals surface area (Å²) in [4.78, 5) is 0. The van der Waals surface area contributed by atoms with Crippen molar-refractivity contribution < 1.29 is 5.11 Å². The zero-order valence-corrected chi connectivity index (χ0v) is 11.9. The first-order valence-electron chi connectivity index (χ1n) is 7.06. The summed E-state index contributed by atoms with van der Waals surface area (Å²) >= 11 is 0. The van der Waals surface area contributed by atoms with Crippen LogP contribution in [-0.2, 0) is 0 Å². The Labute approximate surface area is 106 Å². The van der Waals surface area contributed by atoms with Crippen molar-refractivity contribution in [3.63, 3.8) is 0 Å². The molecule has 0 aliphatic heterocycles. The summed E-state index contributed by atoms with van der Waals surface area (Å²) in [7, 11) is 0. The zero-order chi connectivity index (χ0) is 12.8. The molecule has 2 heteroatoms. The van der Waals surface area contributed by atoms with E-state index in [-0.39, 0.29) is 6.10 Å². The second kappa shape index (κ2) is 7.17. The first-order valence-corrected chi connectivity index (χ1v) is 7.06. The van der Waals surface area contributed by atoms with Crippen LogP contribution in [0.25, 0.3) is 0 Å². The summed E-state index contributed by atoms with van der Waals surface area (Å²) in [5.74, 6) is 2.07. The van der Waals surface area contributed by atoms with E-state index < -0.39 is 0 Å². The van der Waals surface area contributed by atoms with Crippen molar-refractivity contribution in [3.05, 3.63) is 11.6 Å². The van der Waals surface area contributed by atoms with Gasteiger partial charge in [-0.15, -0.1) is 0 Å². The zero-order valence-electron chi connectivity index (χ0n) is 11.9. The molecule has 0 aromatic heterocycles. The number of aliphatic hydroxyl groups is 1. The van der Waals surface area contributed by atoms with Gasteiger partial charge < -0.3 is 10.4 Å². The molecule has 17 heavy (non-hydrogen) atoms. The first kappa shape index (κ1) is 14.7. The number of nitrogens with one attached hydrogen (secondary N) is 1. The lowest BCUT2D eigenvalue weighted by molar-refractivity contribution is 0.162. The fourth-order valence-corrected chi connectivity index (χ4v) is 2.89. The Morgan fingerprint density at radius 1 is 1.47 bits per heavy atom. The Hall–Kier alpha value is -0.340. The predicted molar refractivity (Wildman–Crippen MR) is 74.0 cm³/mol. The molecule has 0 fully saturated rings. The summed E-state index contributed by atoms with van der Waals surface area (Å²) in [6, 6.07) is 0. The van der Waals surface area contributed by atoms with E-state index in [1.807, 2.05) is 6.92 Å².